The second-order valence-corrected chi connectivity index (χ2v) is 3.85. The van der Waals surface area contributed by atoms with Crippen LogP contribution in [0.4, 0.5) is 0 Å². The number of amides is 1. The van der Waals surface area contributed by atoms with Gasteiger partial charge in [-0.2, -0.15) is 5.10 Å². The molecule has 2 aromatic rings. The van der Waals surface area contributed by atoms with E-state index in [0.717, 1.165) is 0 Å². The highest BCUT2D eigenvalue weighted by Crippen LogP contribution is 2.02. The molecular weight excluding hydrogens is 258 g/mol. The number of aliphatic hydroxyl groups excluding tert-OH is 1. The Kier molecular flexibility index (Phi) is 4.81. The number of H-pyrrole nitrogens is 1. The molecule has 0 aliphatic rings. The molecule has 2 rings (SSSR count). The molecular formula is C13H13N5O2. The zero-order chi connectivity index (χ0) is 14.2. The number of hydrogen-bond donors (Lipinski definition) is 3. The molecule has 0 aliphatic carbocycles. The lowest BCUT2D eigenvalue weighted by molar-refractivity contribution is 0.0949. The zero-order valence-corrected chi connectivity index (χ0v) is 10.6. The van der Waals surface area contributed by atoms with Crippen molar-refractivity contribution < 1.29 is 9.90 Å². The van der Waals surface area contributed by atoms with E-state index < -0.39 is 0 Å². The molecule has 1 amide bonds. The number of aromatic amines is 1. The summed E-state index contributed by atoms with van der Waals surface area (Å²) in [6, 6.07) is 1.65. The van der Waals surface area contributed by atoms with Gasteiger partial charge < -0.3 is 10.4 Å². The molecule has 102 valence electrons. The molecule has 20 heavy (non-hydrogen) atoms. The van der Waals surface area contributed by atoms with Crippen molar-refractivity contribution in [1.82, 2.24) is 25.5 Å². The topological polar surface area (TPSA) is 104 Å². The molecule has 0 aromatic carbocycles. The number of aromatic nitrogens is 4. The standard InChI is InChI=1S/C13H13N5O2/c19-4-2-1-3-10-5-11(7-14-6-10)13(20)15-8-12-16-9-17-18-12/h5-7,9,19H,2,4,8H2,(H,15,20)(H,16,17,18). The van der Waals surface area contributed by atoms with Gasteiger partial charge in [-0.1, -0.05) is 11.8 Å². The molecule has 0 aliphatic heterocycles. The number of carbonyl (C=O) groups excluding carboxylic acids is 1. The summed E-state index contributed by atoms with van der Waals surface area (Å²) < 4.78 is 0. The van der Waals surface area contributed by atoms with E-state index in [1.165, 1.54) is 12.5 Å². The second kappa shape index (κ2) is 7.01. The Labute approximate surface area is 115 Å². The largest absolute Gasteiger partial charge is 0.395 e. The van der Waals surface area contributed by atoms with Crippen molar-refractivity contribution in [1.29, 1.82) is 0 Å². The predicted octanol–water partition coefficient (Wildman–Crippen LogP) is -0.136. The summed E-state index contributed by atoms with van der Waals surface area (Å²) in [7, 11) is 0. The molecule has 3 N–H and O–H groups in total. The minimum Gasteiger partial charge on any atom is -0.395 e. The molecule has 0 bridgehead atoms. The van der Waals surface area contributed by atoms with Crippen LogP contribution < -0.4 is 5.32 Å². The average molecular weight is 271 g/mol. The lowest BCUT2D eigenvalue weighted by Gasteiger charge is -2.02. The summed E-state index contributed by atoms with van der Waals surface area (Å²) in [4.78, 5) is 19.8. The number of pyridine rings is 1. The first-order valence-corrected chi connectivity index (χ1v) is 5.97. The van der Waals surface area contributed by atoms with Gasteiger partial charge in [0, 0.05) is 24.4 Å². The van der Waals surface area contributed by atoms with E-state index in [9.17, 15) is 4.79 Å². The fraction of sp³-hybridized carbons (Fsp3) is 0.231. The van der Waals surface area contributed by atoms with Crippen molar-refractivity contribution >= 4 is 5.91 Å². The summed E-state index contributed by atoms with van der Waals surface area (Å²) in [6.45, 7) is 0.275. The summed E-state index contributed by atoms with van der Waals surface area (Å²) in [6.07, 6.45) is 4.80. The van der Waals surface area contributed by atoms with Crippen molar-refractivity contribution in [3.05, 3.63) is 41.7 Å². The maximum atomic E-state index is 11.9. The molecule has 0 saturated carbocycles. The molecule has 0 fully saturated rings. The quantitative estimate of drug-likeness (QED) is 0.672. The molecule has 2 aromatic heterocycles. The first-order chi connectivity index (χ1) is 9.79. The van der Waals surface area contributed by atoms with Crippen LogP contribution in [-0.2, 0) is 6.54 Å². The number of nitrogens with one attached hydrogen (secondary N) is 2. The molecule has 0 radical (unpaired) electrons. The van der Waals surface area contributed by atoms with Crippen LogP contribution >= 0.6 is 0 Å². The van der Waals surface area contributed by atoms with Gasteiger partial charge in [0.2, 0.25) is 0 Å². The van der Waals surface area contributed by atoms with Crippen molar-refractivity contribution in [3.63, 3.8) is 0 Å². The lowest BCUT2D eigenvalue weighted by atomic mass is 10.2. The van der Waals surface area contributed by atoms with Crippen molar-refractivity contribution in [2.75, 3.05) is 6.61 Å². The van der Waals surface area contributed by atoms with Gasteiger partial charge in [0.1, 0.15) is 12.2 Å². The van der Waals surface area contributed by atoms with Gasteiger partial charge in [-0.25, -0.2) is 4.98 Å². The lowest BCUT2D eigenvalue weighted by Crippen LogP contribution is -2.23. The summed E-state index contributed by atoms with van der Waals surface area (Å²) in [5.74, 6) is 5.92. The van der Waals surface area contributed by atoms with E-state index in [1.54, 1.807) is 12.3 Å². The zero-order valence-electron chi connectivity index (χ0n) is 10.6. The monoisotopic (exact) mass is 271 g/mol. The van der Waals surface area contributed by atoms with Crippen LogP contribution in [0.5, 0.6) is 0 Å². The van der Waals surface area contributed by atoms with Crippen LogP contribution in [0.1, 0.15) is 28.2 Å². The molecule has 7 nitrogen and oxygen atoms in total. The van der Waals surface area contributed by atoms with Crippen LogP contribution in [0.25, 0.3) is 0 Å². The molecule has 2 heterocycles. The van der Waals surface area contributed by atoms with Gasteiger partial charge in [-0.05, 0) is 6.07 Å². The molecule has 0 atom stereocenters. The SMILES string of the molecule is O=C(NCc1ncn[nH]1)c1cncc(C#CCCO)c1. The summed E-state index contributed by atoms with van der Waals surface area (Å²) in [5, 5.41) is 17.7. The molecule has 0 spiro atoms. The van der Waals surface area contributed by atoms with Crippen LogP contribution in [0.2, 0.25) is 0 Å². The third-order valence-electron chi connectivity index (χ3n) is 2.35. The third kappa shape index (κ3) is 3.90. The Hall–Kier alpha value is -2.72. The first-order valence-electron chi connectivity index (χ1n) is 5.97. The van der Waals surface area contributed by atoms with Crippen LogP contribution in [-0.4, -0.2) is 37.8 Å². The maximum absolute atomic E-state index is 11.9. The Morgan fingerprint density at radius 2 is 2.35 bits per heavy atom. The van der Waals surface area contributed by atoms with E-state index in [0.29, 0.717) is 23.4 Å². The third-order valence-corrected chi connectivity index (χ3v) is 2.35. The summed E-state index contributed by atoms with van der Waals surface area (Å²) >= 11 is 0. The van der Waals surface area contributed by atoms with E-state index >= 15 is 0 Å². The van der Waals surface area contributed by atoms with E-state index in [2.05, 4.69) is 37.3 Å². The van der Waals surface area contributed by atoms with Gasteiger partial charge in [-0.3, -0.25) is 14.9 Å². The number of hydrogen-bond acceptors (Lipinski definition) is 5. The van der Waals surface area contributed by atoms with Gasteiger partial charge in [0.15, 0.2) is 0 Å². The van der Waals surface area contributed by atoms with E-state index in [-0.39, 0.29) is 19.1 Å². The van der Waals surface area contributed by atoms with Gasteiger partial charge in [0.25, 0.3) is 5.91 Å². The minimum absolute atomic E-state index is 0.0117. The highest BCUT2D eigenvalue weighted by atomic mass is 16.2. The number of nitrogens with zero attached hydrogens (tertiary/aromatic N) is 3. The smallest absolute Gasteiger partial charge is 0.253 e. The summed E-state index contributed by atoms with van der Waals surface area (Å²) in [5.41, 5.74) is 1.05. The Morgan fingerprint density at radius 3 is 3.10 bits per heavy atom. The highest BCUT2D eigenvalue weighted by Gasteiger charge is 2.07. The van der Waals surface area contributed by atoms with E-state index in [1.807, 2.05) is 0 Å². The maximum Gasteiger partial charge on any atom is 0.253 e. The van der Waals surface area contributed by atoms with Gasteiger partial charge >= 0.3 is 0 Å². The number of aliphatic hydroxyl groups is 1. The van der Waals surface area contributed by atoms with Gasteiger partial charge in [-0.15, -0.1) is 0 Å². The Morgan fingerprint density at radius 1 is 1.45 bits per heavy atom. The van der Waals surface area contributed by atoms with Crippen molar-refractivity contribution in [2.24, 2.45) is 0 Å². The predicted molar refractivity (Wildman–Crippen MR) is 70.4 cm³/mol. The van der Waals surface area contributed by atoms with Crippen LogP contribution in [0.15, 0.2) is 24.8 Å². The fourth-order valence-corrected chi connectivity index (χ4v) is 1.43. The number of rotatable bonds is 4. The molecule has 7 heteroatoms. The minimum atomic E-state index is -0.264. The Bertz CT molecular complexity index is 628. The van der Waals surface area contributed by atoms with Crippen molar-refractivity contribution in [2.45, 2.75) is 13.0 Å². The van der Waals surface area contributed by atoms with Crippen LogP contribution in [0.3, 0.4) is 0 Å². The average Bonchev–Trinajstić information content (AvgIpc) is 2.99. The van der Waals surface area contributed by atoms with Crippen LogP contribution in [0, 0.1) is 11.8 Å². The van der Waals surface area contributed by atoms with Crippen molar-refractivity contribution in [3.8, 4) is 11.8 Å². The van der Waals surface area contributed by atoms with E-state index in [4.69, 9.17) is 5.11 Å². The first kappa shape index (κ1) is 13.7. The molecule has 0 unspecified atom stereocenters. The van der Waals surface area contributed by atoms with Gasteiger partial charge in [0.05, 0.1) is 18.7 Å². The Balaban J connectivity index is 1.99. The second-order valence-electron chi connectivity index (χ2n) is 3.85. The molecule has 0 saturated heterocycles. The highest BCUT2D eigenvalue weighted by molar-refractivity contribution is 5.94. The normalized spacial score (nSPS) is 9.65. The fourth-order valence-electron chi connectivity index (χ4n) is 1.43. The number of carbonyl (C=O) groups is 1.